The molecule has 28 heavy (non-hydrogen) atoms. The average molecular weight is 382 g/mol. The first-order valence-electron chi connectivity index (χ1n) is 8.82. The number of carbonyl (C=O) groups is 2. The second-order valence-electron chi connectivity index (χ2n) is 7.04. The third-order valence-corrected chi connectivity index (χ3v) is 5.01. The maximum atomic E-state index is 13.1. The topological polar surface area (TPSA) is 120 Å². The van der Waals surface area contributed by atoms with Gasteiger partial charge in [-0.2, -0.15) is 0 Å². The molecule has 144 valence electrons. The van der Waals surface area contributed by atoms with E-state index in [0.29, 0.717) is 0 Å². The van der Waals surface area contributed by atoms with E-state index >= 15 is 0 Å². The molecule has 2 aromatic carbocycles. The summed E-state index contributed by atoms with van der Waals surface area (Å²) in [5.74, 6) is -0.945. The van der Waals surface area contributed by atoms with Crippen molar-refractivity contribution >= 4 is 22.3 Å². The smallest absolute Gasteiger partial charge is 0.214 e. The lowest BCUT2D eigenvalue weighted by Crippen LogP contribution is -2.29. The van der Waals surface area contributed by atoms with Gasteiger partial charge in [-0.15, -0.1) is 0 Å². The van der Waals surface area contributed by atoms with E-state index in [1.54, 1.807) is 36.4 Å². The summed E-state index contributed by atoms with van der Waals surface area (Å²) in [7, 11) is 0. The van der Waals surface area contributed by atoms with Crippen molar-refractivity contribution < 1.29 is 19.4 Å². The van der Waals surface area contributed by atoms with Crippen LogP contribution in [0.5, 0.6) is 0 Å². The third-order valence-electron chi connectivity index (χ3n) is 5.01. The maximum Gasteiger partial charge on any atom is 0.214 e. The summed E-state index contributed by atoms with van der Waals surface area (Å²) in [5.41, 5.74) is 0.384. The van der Waals surface area contributed by atoms with Gasteiger partial charge in [0.1, 0.15) is 0 Å². The second kappa shape index (κ2) is 7.30. The molecule has 0 radical (unpaired) electrons. The van der Waals surface area contributed by atoms with Crippen molar-refractivity contribution in [1.29, 1.82) is 0 Å². The quantitative estimate of drug-likeness (QED) is 0.556. The van der Waals surface area contributed by atoms with Gasteiger partial charge in [-0.05, 0) is 22.9 Å². The van der Waals surface area contributed by atoms with Crippen LogP contribution in [0.1, 0.15) is 47.4 Å². The number of ketones is 2. The first-order valence-corrected chi connectivity index (χ1v) is 8.82. The molecule has 0 spiro atoms. The van der Waals surface area contributed by atoms with Gasteiger partial charge in [0, 0.05) is 58.8 Å². The highest BCUT2D eigenvalue weighted by atomic mass is 16.6. The van der Waals surface area contributed by atoms with E-state index in [0.717, 1.165) is 10.8 Å². The lowest BCUT2D eigenvalue weighted by molar-refractivity contribution is -0.518. The zero-order valence-corrected chi connectivity index (χ0v) is 15.4. The Hall–Kier alpha value is -3.42. The molecule has 2 aromatic rings. The number of hydrogen-bond donors (Lipinski definition) is 0. The average Bonchev–Trinajstić information content (AvgIpc) is 2.66. The summed E-state index contributed by atoms with van der Waals surface area (Å²) in [6, 6.07) is 8.26. The van der Waals surface area contributed by atoms with Crippen LogP contribution >= 0.6 is 0 Å². The molecule has 1 aliphatic rings. The number of benzene rings is 2. The lowest BCUT2D eigenvalue weighted by atomic mass is 9.79. The van der Waals surface area contributed by atoms with E-state index in [1.165, 1.54) is 13.8 Å². The molecule has 0 bridgehead atoms. The van der Waals surface area contributed by atoms with Gasteiger partial charge in [0.2, 0.25) is 12.1 Å². The van der Waals surface area contributed by atoms with Crippen LogP contribution in [0.4, 0.5) is 0 Å². The van der Waals surface area contributed by atoms with Gasteiger partial charge >= 0.3 is 0 Å². The van der Waals surface area contributed by atoms with Crippen molar-refractivity contribution in [3.8, 4) is 0 Å². The molecular formula is C20H18N2O6. The molecule has 0 aromatic heterocycles. The number of hydrogen-bond acceptors (Lipinski definition) is 6. The molecule has 0 saturated carbocycles. The number of rotatable bonds is 6. The molecule has 2 unspecified atom stereocenters. The van der Waals surface area contributed by atoms with Crippen molar-refractivity contribution in [3.05, 3.63) is 78.9 Å². The summed E-state index contributed by atoms with van der Waals surface area (Å²) in [5, 5.41) is 23.7. The van der Waals surface area contributed by atoms with E-state index in [4.69, 9.17) is 0 Å². The number of Topliss-reactive ketones (excluding diaryl/α,β-unsaturated/α-hetero) is 2. The molecule has 0 saturated heterocycles. The van der Waals surface area contributed by atoms with Crippen LogP contribution in [0.25, 0.3) is 10.8 Å². The van der Waals surface area contributed by atoms with Gasteiger partial charge in [-0.1, -0.05) is 24.3 Å². The van der Waals surface area contributed by atoms with Gasteiger partial charge in [-0.3, -0.25) is 29.8 Å². The summed E-state index contributed by atoms with van der Waals surface area (Å²) in [4.78, 5) is 47.4. The Labute approximate surface area is 160 Å². The predicted octanol–water partition coefficient (Wildman–Crippen LogP) is 3.63. The van der Waals surface area contributed by atoms with Crippen LogP contribution in [0.2, 0.25) is 0 Å². The highest BCUT2D eigenvalue weighted by Gasteiger charge is 2.36. The molecule has 8 nitrogen and oxygen atoms in total. The third kappa shape index (κ3) is 3.40. The minimum atomic E-state index is -1.09. The van der Waals surface area contributed by atoms with Crippen LogP contribution < -0.4 is 0 Å². The van der Waals surface area contributed by atoms with Crippen molar-refractivity contribution in [2.24, 2.45) is 0 Å². The molecule has 8 heteroatoms. The minimum absolute atomic E-state index is 0.00526. The Morgan fingerprint density at radius 1 is 0.786 bits per heavy atom. The zero-order valence-electron chi connectivity index (χ0n) is 15.4. The SMILES string of the molecule is CC(CC1=C(CC(C)[N+](=O)[O-])C(=O)c2cc3ccccc3cc2C1=O)[N+](=O)[O-]. The molecule has 3 rings (SSSR count). The van der Waals surface area contributed by atoms with Crippen LogP contribution in [-0.2, 0) is 0 Å². The molecule has 0 N–H and O–H groups in total. The first kappa shape index (κ1) is 19.3. The molecule has 0 heterocycles. The van der Waals surface area contributed by atoms with Crippen LogP contribution in [0.15, 0.2) is 47.5 Å². The largest absolute Gasteiger partial charge is 0.289 e. The Bertz CT molecular complexity index is 973. The van der Waals surface area contributed by atoms with Gasteiger partial charge in [0.25, 0.3) is 0 Å². The van der Waals surface area contributed by atoms with Crippen LogP contribution in [-0.4, -0.2) is 33.5 Å². The Morgan fingerprint density at radius 2 is 1.14 bits per heavy atom. The normalized spacial score (nSPS) is 16.1. The molecular weight excluding hydrogens is 364 g/mol. The van der Waals surface area contributed by atoms with Crippen molar-refractivity contribution in [3.63, 3.8) is 0 Å². The van der Waals surface area contributed by atoms with Crippen molar-refractivity contribution in [2.45, 2.75) is 38.8 Å². The fourth-order valence-electron chi connectivity index (χ4n) is 3.39. The summed E-state index contributed by atoms with van der Waals surface area (Å²) < 4.78 is 0. The van der Waals surface area contributed by atoms with Crippen LogP contribution in [0.3, 0.4) is 0 Å². The molecule has 2 atom stereocenters. The van der Waals surface area contributed by atoms with E-state index < -0.39 is 33.5 Å². The van der Waals surface area contributed by atoms with E-state index in [2.05, 4.69) is 0 Å². The van der Waals surface area contributed by atoms with Crippen LogP contribution in [0, 0.1) is 20.2 Å². The van der Waals surface area contributed by atoms with E-state index in [1.807, 2.05) is 0 Å². The summed E-state index contributed by atoms with van der Waals surface area (Å²) in [6.45, 7) is 2.68. The standard InChI is InChI=1S/C20H18N2O6/c1-11(21(25)26)7-15-16(8-12(2)22(27)28)20(24)18-10-14-6-4-3-5-13(14)9-17(18)19(15)23/h3-6,9-12H,7-8H2,1-2H3. The minimum Gasteiger partial charge on any atom is -0.289 e. The number of carbonyl (C=O) groups excluding carboxylic acids is 2. The van der Waals surface area contributed by atoms with Gasteiger partial charge in [-0.25, -0.2) is 0 Å². The maximum absolute atomic E-state index is 13.1. The molecule has 0 amide bonds. The van der Waals surface area contributed by atoms with Gasteiger partial charge in [0.15, 0.2) is 11.6 Å². The number of fused-ring (bicyclic) bond motifs is 2. The Morgan fingerprint density at radius 3 is 1.46 bits per heavy atom. The first-order chi connectivity index (χ1) is 13.2. The van der Waals surface area contributed by atoms with Gasteiger partial charge in [0.05, 0.1) is 0 Å². The fourth-order valence-corrected chi connectivity index (χ4v) is 3.39. The van der Waals surface area contributed by atoms with Crippen molar-refractivity contribution in [1.82, 2.24) is 0 Å². The predicted molar refractivity (Wildman–Crippen MR) is 102 cm³/mol. The molecule has 1 aliphatic carbocycles. The highest BCUT2D eigenvalue weighted by molar-refractivity contribution is 6.28. The Kier molecular flexibility index (Phi) is 5.04. The second-order valence-corrected chi connectivity index (χ2v) is 7.04. The molecule has 0 fully saturated rings. The summed E-state index contributed by atoms with van der Waals surface area (Å²) in [6.07, 6.45) is -0.493. The number of nitrogens with zero attached hydrogens (tertiary/aromatic N) is 2. The van der Waals surface area contributed by atoms with Crippen molar-refractivity contribution in [2.75, 3.05) is 0 Å². The zero-order chi connectivity index (χ0) is 20.6. The van der Waals surface area contributed by atoms with E-state index in [9.17, 15) is 29.8 Å². The lowest BCUT2D eigenvalue weighted by Gasteiger charge is -2.22. The van der Waals surface area contributed by atoms with E-state index in [-0.39, 0.29) is 35.1 Å². The fraction of sp³-hybridized carbons (Fsp3) is 0.300. The number of nitro groups is 2. The monoisotopic (exact) mass is 382 g/mol. The summed E-state index contributed by atoms with van der Waals surface area (Å²) >= 11 is 0. The Balaban J connectivity index is 2.17. The highest BCUT2D eigenvalue weighted by Crippen LogP contribution is 2.34. The molecule has 0 aliphatic heterocycles. The van der Waals surface area contributed by atoms with Gasteiger partial charge < -0.3 is 0 Å².